The Balaban J connectivity index is 1.96. The third-order valence-electron chi connectivity index (χ3n) is 3.89. The average Bonchev–Trinajstić information content (AvgIpc) is 2.99. The third kappa shape index (κ3) is 4.15. The molecule has 2 aromatic carbocycles. The summed E-state index contributed by atoms with van der Waals surface area (Å²) in [7, 11) is 0. The molecule has 0 fully saturated rings. The first-order valence-electron chi connectivity index (χ1n) is 8.20. The Morgan fingerprint density at radius 3 is 2.54 bits per heavy atom. The van der Waals surface area contributed by atoms with Gasteiger partial charge >= 0.3 is 5.97 Å². The van der Waals surface area contributed by atoms with Crippen LogP contribution in [0.5, 0.6) is 5.75 Å². The van der Waals surface area contributed by atoms with Crippen LogP contribution in [0.1, 0.15) is 23.6 Å². The molecule has 1 heterocycles. The van der Waals surface area contributed by atoms with Gasteiger partial charge in [-0.3, -0.25) is 10.1 Å². The lowest BCUT2D eigenvalue weighted by molar-refractivity contribution is -0.385. The molecule has 0 N–H and O–H groups in total. The van der Waals surface area contributed by atoms with Gasteiger partial charge < -0.3 is 9.47 Å². The molecule has 0 saturated heterocycles. The second kappa shape index (κ2) is 8.24. The highest BCUT2D eigenvalue weighted by Crippen LogP contribution is 2.35. The Hall–Kier alpha value is -2.52. The zero-order valence-electron chi connectivity index (χ0n) is 14.9. The van der Waals surface area contributed by atoms with Crippen molar-refractivity contribution in [3.8, 4) is 5.75 Å². The van der Waals surface area contributed by atoms with Gasteiger partial charge in [0.25, 0.3) is 5.69 Å². The van der Waals surface area contributed by atoms with Crippen molar-refractivity contribution in [1.29, 1.82) is 0 Å². The zero-order chi connectivity index (χ0) is 20.4. The summed E-state index contributed by atoms with van der Waals surface area (Å²) in [6.07, 6.45) is 1.57. The van der Waals surface area contributed by atoms with E-state index in [0.29, 0.717) is 29.0 Å². The number of nitro groups is 1. The number of aryl methyl sites for hydroxylation is 1. The van der Waals surface area contributed by atoms with Crippen LogP contribution in [0, 0.1) is 17.0 Å². The number of esters is 1. The molecule has 0 radical (unpaired) electrons. The quantitative estimate of drug-likeness (QED) is 0.240. The van der Waals surface area contributed by atoms with E-state index in [1.807, 2.05) is 6.92 Å². The normalized spacial score (nSPS) is 14.8. The van der Waals surface area contributed by atoms with Gasteiger partial charge in [0.05, 0.1) is 20.5 Å². The fraction of sp³-hybridized carbons (Fsp3) is 0.158. The molecule has 0 amide bonds. The summed E-state index contributed by atoms with van der Waals surface area (Å²) >= 11 is 6.88. The molecule has 0 bridgehead atoms. The highest BCUT2D eigenvalue weighted by molar-refractivity contribution is 9.11. The van der Waals surface area contributed by atoms with E-state index in [0.717, 1.165) is 8.95 Å². The number of nitrogens with zero attached hydrogens (tertiary/aromatic N) is 2. The first-order valence-corrected chi connectivity index (χ1v) is 9.78. The lowest BCUT2D eigenvalue weighted by Crippen LogP contribution is -2.06. The maximum Gasteiger partial charge on any atom is 0.363 e. The molecule has 0 aromatic heterocycles. The first-order chi connectivity index (χ1) is 13.3. The molecular weight excluding hydrogens is 496 g/mol. The van der Waals surface area contributed by atoms with E-state index in [2.05, 4.69) is 36.9 Å². The maximum atomic E-state index is 12.2. The summed E-state index contributed by atoms with van der Waals surface area (Å²) in [5.74, 6) is 0.0672. The van der Waals surface area contributed by atoms with E-state index >= 15 is 0 Å². The number of aliphatic imine (C=N–C) groups is 1. The number of carbonyl (C=O) groups excluding carboxylic acids is 1. The van der Waals surface area contributed by atoms with Crippen LogP contribution in [-0.4, -0.2) is 23.4 Å². The minimum absolute atomic E-state index is 0.0309. The van der Waals surface area contributed by atoms with E-state index in [1.54, 1.807) is 37.3 Å². The standard InChI is InChI=1S/C19H14Br2N2O5/c1-3-27-17-13(20)6-11(7-14(17)21)8-15-19(24)28-18(22-15)12-5-4-10(2)16(9-12)23(25)26/h4-9H,3H2,1-2H3/b15-8-. The van der Waals surface area contributed by atoms with Crippen molar-refractivity contribution in [3.05, 3.63) is 71.8 Å². The van der Waals surface area contributed by atoms with Gasteiger partial charge in [-0.15, -0.1) is 0 Å². The average molecular weight is 510 g/mol. The second-order valence-electron chi connectivity index (χ2n) is 5.84. The zero-order valence-corrected chi connectivity index (χ0v) is 18.0. The van der Waals surface area contributed by atoms with Crippen LogP contribution >= 0.6 is 31.9 Å². The monoisotopic (exact) mass is 508 g/mol. The highest BCUT2D eigenvalue weighted by atomic mass is 79.9. The fourth-order valence-electron chi connectivity index (χ4n) is 2.57. The van der Waals surface area contributed by atoms with Crippen LogP contribution in [0.25, 0.3) is 6.08 Å². The number of carbonyl (C=O) groups is 1. The number of benzene rings is 2. The Morgan fingerprint density at radius 1 is 1.25 bits per heavy atom. The van der Waals surface area contributed by atoms with Crippen LogP contribution in [0.4, 0.5) is 5.69 Å². The van der Waals surface area contributed by atoms with Crippen LogP contribution in [-0.2, 0) is 9.53 Å². The van der Waals surface area contributed by atoms with Gasteiger partial charge in [-0.2, -0.15) is 0 Å². The number of hydrogen-bond acceptors (Lipinski definition) is 6. The summed E-state index contributed by atoms with van der Waals surface area (Å²) < 4.78 is 12.2. The topological polar surface area (TPSA) is 91.0 Å². The Kier molecular flexibility index (Phi) is 5.95. The molecule has 144 valence electrons. The lowest BCUT2D eigenvalue weighted by atomic mass is 10.1. The van der Waals surface area contributed by atoms with E-state index in [-0.39, 0.29) is 17.3 Å². The predicted octanol–water partition coefficient (Wildman–Crippen LogP) is 5.17. The van der Waals surface area contributed by atoms with E-state index in [9.17, 15) is 14.9 Å². The van der Waals surface area contributed by atoms with Gasteiger partial charge in [0, 0.05) is 17.2 Å². The molecule has 0 unspecified atom stereocenters. The number of rotatable bonds is 5. The SMILES string of the molecule is CCOc1c(Br)cc(/C=C2\N=C(c3ccc(C)c([N+](=O)[O-])c3)OC2=O)cc1Br. The molecule has 28 heavy (non-hydrogen) atoms. The second-order valence-corrected chi connectivity index (χ2v) is 7.55. The van der Waals surface area contributed by atoms with Crippen LogP contribution in [0.15, 0.2) is 50.0 Å². The van der Waals surface area contributed by atoms with Crippen LogP contribution < -0.4 is 4.74 Å². The number of nitro benzene ring substituents is 1. The summed E-state index contributed by atoms with van der Waals surface area (Å²) in [6, 6.07) is 8.14. The minimum atomic E-state index is -0.626. The molecule has 1 aliphatic heterocycles. The van der Waals surface area contributed by atoms with Crippen molar-refractivity contribution >= 4 is 55.5 Å². The summed E-state index contributed by atoms with van der Waals surface area (Å²) in [5, 5.41) is 11.1. The van der Waals surface area contributed by atoms with Crippen molar-refractivity contribution in [2.45, 2.75) is 13.8 Å². The number of cyclic esters (lactones) is 1. The molecule has 0 aliphatic carbocycles. The van der Waals surface area contributed by atoms with Gasteiger partial charge in [-0.25, -0.2) is 9.79 Å². The summed E-state index contributed by atoms with van der Waals surface area (Å²) in [6.45, 7) is 4.03. The molecule has 7 nitrogen and oxygen atoms in total. The molecule has 0 atom stereocenters. The summed E-state index contributed by atoms with van der Waals surface area (Å²) in [5.41, 5.74) is 1.62. The number of ether oxygens (including phenoxy) is 2. The Bertz CT molecular complexity index is 1020. The van der Waals surface area contributed by atoms with Gasteiger partial charge in [0.1, 0.15) is 5.75 Å². The largest absolute Gasteiger partial charge is 0.492 e. The summed E-state index contributed by atoms with van der Waals surface area (Å²) in [4.78, 5) is 27.0. The van der Waals surface area contributed by atoms with Gasteiger partial charge in [-0.05, 0) is 75.5 Å². The smallest absolute Gasteiger partial charge is 0.363 e. The lowest BCUT2D eigenvalue weighted by Gasteiger charge is -2.09. The maximum absolute atomic E-state index is 12.2. The molecule has 2 aromatic rings. The minimum Gasteiger partial charge on any atom is -0.492 e. The fourth-order valence-corrected chi connectivity index (χ4v) is 4.03. The van der Waals surface area contributed by atoms with Gasteiger partial charge in [0.15, 0.2) is 5.70 Å². The molecule has 0 spiro atoms. The molecule has 9 heteroatoms. The van der Waals surface area contributed by atoms with Gasteiger partial charge in [0.2, 0.25) is 5.90 Å². The van der Waals surface area contributed by atoms with E-state index < -0.39 is 10.9 Å². The molecular formula is C19H14Br2N2O5. The number of hydrogen-bond donors (Lipinski definition) is 0. The van der Waals surface area contributed by atoms with Crippen LogP contribution in [0.2, 0.25) is 0 Å². The molecule has 3 rings (SSSR count). The number of halogens is 2. The van der Waals surface area contributed by atoms with E-state index in [1.165, 1.54) is 6.07 Å². The Morgan fingerprint density at radius 2 is 1.93 bits per heavy atom. The van der Waals surface area contributed by atoms with Gasteiger partial charge in [-0.1, -0.05) is 6.07 Å². The predicted molar refractivity (Wildman–Crippen MR) is 111 cm³/mol. The Labute approximate surface area is 177 Å². The highest BCUT2D eigenvalue weighted by Gasteiger charge is 2.26. The van der Waals surface area contributed by atoms with Crippen molar-refractivity contribution in [3.63, 3.8) is 0 Å². The van der Waals surface area contributed by atoms with E-state index in [4.69, 9.17) is 9.47 Å². The van der Waals surface area contributed by atoms with Crippen molar-refractivity contribution < 1.29 is 19.2 Å². The van der Waals surface area contributed by atoms with Crippen LogP contribution in [0.3, 0.4) is 0 Å². The van der Waals surface area contributed by atoms with Crippen molar-refractivity contribution in [2.75, 3.05) is 6.61 Å². The molecule has 0 saturated carbocycles. The first kappa shape index (κ1) is 20.2. The van der Waals surface area contributed by atoms with Crippen molar-refractivity contribution in [2.24, 2.45) is 4.99 Å². The molecule has 1 aliphatic rings. The van der Waals surface area contributed by atoms with Crippen molar-refractivity contribution in [1.82, 2.24) is 0 Å². The third-order valence-corrected chi connectivity index (χ3v) is 5.06.